The van der Waals surface area contributed by atoms with E-state index < -0.39 is 0 Å². The van der Waals surface area contributed by atoms with E-state index in [1.165, 1.54) is 4.68 Å². The number of nitrogens with one attached hydrogen (secondary N) is 1. The fraction of sp³-hybridized carbons (Fsp3) is 0.636. The van der Waals surface area contributed by atoms with Gasteiger partial charge in [0.1, 0.15) is 5.69 Å². The molecule has 0 spiro atoms. The molecule has 0 bridgehead atoms. The molecule has 1 unspecified atom stereocenters. The Morgan fingerprint density at radius 2 is 2.38 bits per heavy atom. The quantitative estimate of drug-likeness (QED) is 0.775. The molecule has 1 aromatic heterocycles. The Morgan fingerprint density at radius 3 is 2.81 bits per heavy atom. The van der Waals surface area contributed by atoms with Crippen LogP contribution in [0.1, 0.15) is 37.2 Å². The second-order valence-corrected chi connectivity index (χ2v) is 4.18. The highest BCUT2D eigenvalue weighted by Crippen LogP contribution is 2.14. The molecule has 1 aromatic rings. The fourth-order valence-electron chi connectivity index (χ4n) is 1.51. The first-order valence-corrected chi connectivity index (χ1v) is 5.44. The number of nitrogens with zero attached hydrogens (tertiary/aromatic N) is 2. The minimum absolute atomic E-state index is 0.0655. The number of amides is 1. The summed E-state index contributed by atoms with van der Waals surface area (Å²) in [6, 6.07) is 1.67. The Hall–Kier alpha value is -1.36. The van der Waals surface area contributed by atoms with E-state index in [1.54, 1.807) is 19.3 Å². The zero-order chi connectivity index (χ0) is 12.2. The summed E-state index contributed by atoms with van der Waals surface area (Å²) >= 11 is 0. The summed E-state index contributed by atoms with van der Waals surface area (Å²) in [5.74, 6) is -0.155. The molecule has 5 heteroatoms. The van der Waals surface area contributed by atoms with Crippen molar-refractivity contribution in [3.05, 3.63) is 18.0 Å². The van der Waals surface area contributed by atoms with Crippen molar-refractivity contribution in [2.24, 2.45) is 7.05 Å². The maximum absolute atomic E-state index is 11.9. The lowest BCUT2D eigenvalue weighted by Gasteiger charge is -2.28. The Kier molecular flexibility index (Phi) is 4.06. The molecule has 0 fully saturated rings. The number of aryl methyl sites for hydroxylation is 1. The molecule has 5 nitrogen and oxygen atoms in total. The van der Waals surface area contributed by atoms with Gasteiger partial charge in [-0.1, -0.05) is 6.92 Å². The molecule has 0 saturated carbocycles. The summed E-state index contributed by atoms with van der Waals surface area (Å²) in [5.41, 5.74) is 0.161. The lowest BCUT2D eigenvalue weighted by atomic mass is 9.95. The Balaban J connectivity index is 2.73. The highest BCUT2D eigenvalue weighted by atomic mass is 16.3. The molecule has 0 radical (unpaired) electrons. The van der Waals surface area contributed by atoms with Crippen molar-refractivity contribution in [2.45, 2.75) is 32.2 Å². The van der Waals surface area contributed by atoms with Crippen LogP contribution in [0.25, 0.3) is 0 Å². The number of hydrogen-bond donors (Lipinski definition) is 2. The topological polar surface area (TPSA) is 67.2 Å². The van der Waals surface area contributed by atoms with E-state index in [0.29, 0.717) is 12.1 Å². The van der Waals surface area contributed by atoms with Gasteiger partial charge in [0.05, 0.1) is 0 Å². The van der Waals surface area contributed by atoms with E-state index >= 15 is 0 Å². The largest absolute Gasteiger partial charge is 0.396 e. The third-order valence-corrected chi connectivity index (χ3v) is 2.91. The van der Waals surface area contributed by atoms with Gasteiger partial charge in [-0.2, -0.15) is 5.10 Å². The van der Waals surface area contributed by atoms with Gasteiger partial charge >= 0.3 is 0 Å². The molecule has 16 heavy (non-hydrogen) atoms. The standard InChI is InChI=1S/C11H19N3O2/c1-4-11(2,6-8-15)13-10(16)9-5-7-12-14(9)3/h5,7,15H,4,6,8H2,1-3H3,(H,13,16). The molecule has 0 aromatic carbocycles. The summed E-state index contributed by atoms with van der Waals surface area (Å²) in [5, 5.41) is 15.8. The SMILES string of the molecule is CCC(C)(CCO)NC(=O)c1ccnn1C. The number of hydrogen-bond acceptors (Lipinski definition) is 3. The predicted octanol–water partition coefficient (Wildman–Crippen LogP) is 0.701. The van der Waals surface area contributed by atoms with Crippen LogP contribution in [-0.4, -0.2) is 32.9 Å². The number of carbonyl (C=O) groups is 1. The molecule has 0 aliphatic carbocycles. The van der Waals surface area contributed by atoms with Gasteiger partial charge in [0, 0.05) is 25.4 Å². The van der Waals surface area contributed by atoms with E-state index in [4.69, 9.17) is 5.11 Å². The second kappa shape index (κ2) is 5.12. The molecule has 0 aliphatic rings. The number of aliphatic hydroxyl groups excluding tert-OH is 1. The molecule has 2 N–H and O–H groups in total. The van der Waals surface area contributed by atoms with Gasteiger partial charge in [-0.05, 0) is 25.8 Å². The smallest absolute Gasteiger partial charge is 0.269 e. The van der Waals surface area contributed by atoms with Crippen LogP contribution in [0.2, 0.25) is 0 Å². The summed E-state index contributed by atoms with van der Waals surface area (Å²) in [6.07, 6.45) is 2.91. The van der Waals surface area contributed by atoms with Gasteiger partial charge in [0.2, 0.25) is 0 Å². The van der Waals surface area contributed by atoms with Crippen LogP contribution >= 0.6 is 0 Å². The number of rotatable bonds is 5. The highest BCUT2D eigenvalue weighted by Gasteiger charge is 2.25. The second-order valence-electron chi connectivity index (χ2n) is 4.18. The zero-order valence-corrected chi connectivity index (χ0v) is 10.0. The molecule has 1 amide bonds. The monoisotopic (exact) mass is 225 g/mol. The van der Waals surface area contributed by atoms with Gasteiger partial charge in [0.15, 0.2) is 0 Å². The first kappa shape index (κ1) is 12.7. The zero-order valence-electron chi connectivity index (χ0n) is 10.0. The fourth-order valence-corrected chi connectivity index (χ4v) is 1.51. The van der Waals surface area contributed by atoms with Crippen molar-refractivity contribution in [1.29, 1.82) is 0 Å². The van der Waals surface area contributed by atoms with Crippen molar-refractivity contribution in [1.82, 2.24) is 15.1 Å². The van der Waals surface area contributed by atoms with E-state index in [9.17, 15) is 4.79 Å². The molecule has 1 rings (SSSR count). The lowest BCUT2D eigenvalue weighted by molar-refractivity contribution is 0.0876. The van der Waals surface area contributed by atoms with Gasteiger partial charge < -0.3 is 10.4 Å². The summed E-state index contributed by atoms with van der Waals surface area (Å²) in [4.78, 5) is 11.9. The Morgan fingerprint density at radius 1 is 1.69 bits per heavy atom. The van der Waals surface area contributed by atoms with E-state index in [1.807, 2.05) is 13.8 Å². The molecule has 90 valence electrons. The lowest BCUT2D eigenvalue weighted by Crippen LogP contribution is -2.46. The third-order valence-electron chi connectivity index (χ3n) is 2.91. The third kappa shape index (κ3) is 2.82. The van der Waals surface area contributed by atoms with Crippen molar-refractivity contribution >= 4 is 5.91 Å². The van der Waals surface area contributed by atoms with Crippen LogP contribution in [-0.2, 0) is 7.05 Å². The minimum atomic E-state index is -0.365. The van der Waals surface area contributed by atoms with E-state index in [-0.39, 0.29) is 18.1 Å². The van der Waals surface area contributed by atoms with Crippen LogP contribution in [0.5, 0.6) is 0 Å². The van der Waals surface area contributed by atoms with Gasteiger partial charge in [0.25, 0.3) is 5.91 Å². The molecular weight excluding hydrogens is 206 g/mol. The maximum Gasteiger partial charge on any atom is 0.269 e. The van der Waals surface area contributed by atoms with Crippen LogP contribution in [0.3, 0.4) is 0 Å². The van der Waals surface area contributed by atoms with Gasteiger partial charge in [-0.25, -0.2) is 0 Å². The normalized spacial score (nSPS) is 14.5. The predicted molar refractivity (Wildman–Crippen MR) is 61.1 cm³/mol. The molecule has 0 aliphatic heterocycles. The average Bonchev–Trinajstić information content (AvgIpc) is 2.65. The van der Waals surface area contributed by atoms with E-state index in [2.05, 4.69) is 10.4 Å². The molecule has 1 atom stereocenters. The summed E-state index contributed by atoms with van der Waals surface area (Å²) < 4.78 is 1.53. The van der Waals surface area contributed by atoms with Crippen molar-refractivity contribution < 1.29 is 9.90 Å². The first-order chi connectivity index (χ1) is 7.52. The van der Waals surface area contributed by atoms with Crippen molar-refractivity contribution in [3.8, 4) is 0 Å². The van der Waals surface area contributed by atoms with Gasteiger partial charge in [-0.3, -0.25) is 9.48 Å². The number of carbonyl (C=O) groups excluding carboxylic acids is 1. The number of aliphatic hydroxyl groups is 1. The number of aromatic nitrogens is 2. The Bertz CT molecular complexity index is 362. The summed E-state index contributed by atoms with van der Waals surface area (Å²) in [7, 11) is 1.73. The van der Waals surface area contributed by atoms with Crippen molar-refractivity contribution in [2.75, 3.05) is 6.61 Å². The summed E-state index contributed by atoms with van der Waals surface area (Å²) in [6.45, 7) is 3.98. The first-order valence-electron chi connectivity index (χ1n) is 5.44. The molecular formula is C11H19N3O2. The average molecular weight is 225 g/mol. The van der Waals surface area contributed by atoms with Gasteiger partial charge in [-0.15, -0.1) is 0 Å². The van der Waals surface area contributed by atoms with Crippen molar-refractivity contribution in [3.63, 3.8) is 0 Å². The van der Waals surface area contributed by atoms with E-state index in [0.717, 1.165) is 6.42 Å². The van der Waals surface area contributed by atoms with Crippen LogP contribution < -0.4 is 5.32 Å². The Labute approximate surface area is 95.5 Å². The van der Waals surface area contributed by atoms with Crippen LogP contribution in [0.4, 0.5) is 0 Å². The highest BCUT2D eigenvalue weighted by molar-refractivity contribution is 5.92. The molecule has 0 saturated heterocycles. The minimum Gasteiger partial charge on any atom is -0.396 e. The van der Waals surface area contributed by atoms with Crippen LogP contribution in [0.15, 0.2) is 12.3 Å². The van der Waals surface area contributed by atoms with Crippen LogP contribution in [0, 0.1) is 0 Å². The molecule has 1 heterocycles. The maximum atomic E-state index is 11.9.